The second kappa shape index (κ2) is 7.45. The van der Waals surface area contributed by atoms with Gasteiger partial charge in [-0.05, 0) is 0 Å². The summed E-state index contributed by atoms with van der Waals surface area (Å²) in [4.78, 5) is 0. The topological polar surface area (TPSA) is 18.5 Å². The molecule has 0 fully saturated rings. The number of rotatable bonds is 4. The molecule has 0 amide bonds. The van der Waals surface area contributed by atoms with Crippen LogP contribution in [0.5, 0.6) is 0 Å². The zero-order valence-electron chi connectivity index (χ0n) is 12.3. The van der Waals surface area contributed by atoms with E-state index < -0.39 is 66.1 Å². The molecule has 0 aromatic rings. The Kier molecular flexibility index (Phi) is 7.27. The Hall–Kier alpha value is -0.717. The van der Waals surface area contributed by atoms with Gasteiger partial charge in [0.15, 0.2) is 0 Å². The van der Waals surface area contributed by atoms with Gasteiger partial charge in [-0.25, -0.2) is 0 Å². The molecule has 0 saturated carbocycles. The zero-order valence-corrected chi connectivity index (χ0v) is 15.3. The number of hydrogen-bond donors (Lipinski definition) is 0. The average molecular weight is 535 g/mol. The van der Waals surface area contributed by atoms with Gasteiger partial charge in [-0.1, -0.05) is 0 Å². The first-order valence-corrected chi connectivity index (χ1v) is 8.31. The molecule has 0 saturated heterocycles. The van der Waals surface area contributed by atoms with Crippen LogP contribution in [-0.2, 0) is 25.0 Å². The molecule has 0 aliphatic carbocycles. The van der Waals surface area contributed by atoms with Crippen molar-refractivity contribution in [1.29, 1.82) is 0 Å². The Morgan fingerprint density at radius 2 is 0.448 bits per heavy atom. The van der Waals surface area contributed by atoms with Crippen molar-refractivity contribution in [3.05, 3.63) is 0 Å². The summed E-state index contributed by atoms with van der Waals surface area (Å²) in [6, 6.07) is 0. The van der Waals surface area contributed by atoms with E-state index in [1.54, 1.807) is 0 Å². The number of hydrogen-bond acceptors (Lipinski definition) is 2. The molecule has 0 aromatic heterocycles. The fraction of sp³-hybridized carbons (Fsp3) is 1.00. The Bertz CT molecular complexity index is 435. The van der Waals surface area contributed by atoms with E-state index in [2.05, 4.69) is 7.13 Å². The van der Waals surface area contributed by atoms with Crippen LogP contribution >= 0.6 is 0 Å². The maximum atomic E-state index is 12.4. The van der Waals surface area contributed by atoms with E-state index in [0.29, 0.717) is 0 Å². The van der Waals surface area contributed by atoms with Crippen LogP contribution < -0.4 is 0 Å². The first-order chi connectivity index (χ1) is 12.2. The summed E-state index contributed by atoms with van der Waals surface area (Å²) in [5, 5.41) is 0. The van der Waals surface area contributed by atoms with Crippen LogP contribution in [0.25, 0.3) is 0 Å². The van der Waals surface area contributed by atoms with Crippen LogP contribution in [0.15, 0.2) is 0 Å². The molecule has 0 aromatic carbocycles. The second-order valence-corrected chi connectivity index (χ2v) is 6.46. The van der Waals surface area contributed by atoms with Crippen molar-refractivity contribution >= 4 is 0 Å². The van der Waals surface area contributed by atoms with Gasteiger partial charge in [0.1, 0.15) is 0 Å². The SMILES string of the molecule is FC(F)(F)C([O][Zn][O]C(C(F)(F)F)(C(F)(F)F)C(F)(F)F)(C(F)(F)F)C(F)(F)F. The zero-order chi connectivity index (χ0) is 24.1. The Balaban J connectivity index is 6.44. The predicted octanol–water partition coefficient (Wildman–Crippen LogP) is 5.78. The van der Waals surface area contributed by atoms with Gasteiger partial charge in [0.25, 0.3) is 0 Å². The molecular weight excluding hydrogens is 535 g/mol. The van der Waals surface area contributed by atoms with Crippen LogP contribution in [0, 0.1) is 0 Å². The summed E-state index contributed by atoms with van der Waals surface area (Å²) in [5.41, 5.74) is -14.8. The summed E-state index contributed by atoms with van der Waals surface area (Å²) >= 11 is -6.14. The molecule has 21 heteroatoms. The van der Waals surface area contributed by atoms with E-state index in [1.165, 1.54) is 0 Å². The second-order valence-electron chi connectivity index (χ2n) is 4.76. The standard InChI is InChI=1S/2C4F9O.Zn/c2*5-2(6,7)1(14,3(8,9)10)4(11,12)13;/q2*-1;+2. The van der Waals surface area contributed by atoms with Gasteiger partial charge in [-0.2, -0.15) is 0 Å². The van der Waals surface area contributed by atoms with Gasteiger partial charge in [-0.15, -0.1) is 0 Å². The van der Waals surface area contributed by atoms with Crippen molar-refractivity contribution in [3.8, 4) is 0 Å². The van der Waals surface area contributed by atoms with Crippen molar-refractivity contribution in [2.24, 2.45) is 0 Å². The fourth-order valence-electron chi connectivity index (χ4n) is 1.66. The van der Waals surface area contributed by atoms with E-state index in [1.807, 2.05) is 0 Å². The molecule has 0 unspecified atom stereocenters. The Morgan fingerprint density at radius 1 is 0.310 bits per heavy atom. The monoisotopic (exact) mass is 534 g/mol. The molecule has 0 spiro atoms. The first kappa shape index (κ1) is 28.3. The molecule has 0 aliphatic heterocycles. The molecule has 0 rings (SSSR count). The van der Waals surface area contributed by atoms with E-state index in [-0.39, 0.29) is 0 Å². The van der Waals surface area contributed by atoms with Crippen molar-refractivity contribution in [2.75, 3.05) is 0 Å². The minimum atomic E-state index is -7.60. The summed E-state index contributed by atoms with van der Waals surface area (Å²) < 4.78 is 228. The van der Waals surface area contributed by atoms with Gasteiger partial charge < -0.3 is 0 Å². The summed E-state index contributed by atoms with van der Waals surface area (Å²) in [7, 11) is 0. The maximum absolute atomic E-state index is 12.4. The molecule has 29 heavy (non-hydrogen) atoms. The Morgan fingerprint density at radius 3 is 0.552 bits per heavy atom. The third-order valence-electron chi connectivity index (χ3n) is 2.95. The third kappa shape index (κ3) is 4.64. The molecule has 2 nitrogen and oxygen atoms in total. The summed E-state index contributed by atoms with van der Waals surface area (Å²) in [6.45, 7) is 0. The van der Waals surface area contributed by atoms with Crippen LogP contribution in [0.4, 0.5) is 79.0 Å². The third-order valence-corrected chi connectivity index (χ3v) is 5.26. The van der Waals surface area contributed by atoms with Gasteiger partial charge in [-0.3, -0.25) is 0 Å². The quantitative estimate of drug-likeness (QED) is 0.336. The van der Waals surface area contributed by atoms with Crippen LogP contribution in [0.1, 0.15) is 0 Å². The van der Waals surface area contributed by atoms with Crippen molar-refractivity contribution in [2.45, 2.75) is 48.3 Å². The van der Waals surface area contributed by atoms with E-state index in [9.17, 15) is 79.0 Å². The molecule has 0 heterocycles. The van der Waals surface area contributed by atoms with Gasteiger partial charge in [0, 0.05) is 0 Å². The molecule has 0 radical (unpaired) electrons. The molecule has 0 aliphatic rings. The minimum absolute atomic E-state index is 2.25. The van der Waals surface area contributed by atoms with Crippen molar-refractivity contribution in [1.82, 2.24) is 0 Å². The molecule has 0 N–H and O–H groups in total. The van der Waals surface area contributed by atoms with Crippen LogP contribution in [-0.4, -0.2) is 48.3 Å². The Labute approximate surface area is 153 Å². The molecular formula is C8F18O2Zn. The van der Waals surface area contributed by atoms with E-state index in [4.69, 9.17) is 0 Å². The van der Waals surface area contributed by atoms with E-state index >= 15 is 0 Å². The van der Waals surface area contributed by atoms with Crippen LogP contribution in [0.3, 0.4) is 0 Å². The summed E-state index contributed by atoms with van der Waals surface area (Å²) in [6.07, 6.45) is -45.6. The number of halogens is 18. The first-order valence-electron chi connectivity index (χ1n) is 5.89. The van der Waals surface area contributed by atoms with Crippen molar-refractivity contribution < 1.29 is 104 Å². The average Bonchev–Trinajstić information content (AvgIpc) is 2.27. The van der Waals surface area contributed by atoms with Gasteiger partial charge in [0.05, 0.1) is 0 Å². The fourth-order valence-corrected chi connectivity index (χ4v) is 4.59. The van der Waals surface area contributed by atoms with E-state index in [0.717, 1.165) is 0 Å². The molecule has 0 atom stereocenters. The predicted molar refractivity (Wildman–Crippen MR) is 44.0 cm³/mol. The molecule has 0 bridgehead atoms. The normalized spacial score (nSPS) is 16.1. The van der Waals surface area contributed by atoms with Gasteiger partial charge in [0.2, 0.25) is 0 Å². The molecule has 172 valence electrons. The number of alkyl halides is 18. The van der Waals surface area contributed by atoms with Crippen LogP contribution in [0.2, 0.25) is 0 Å². The summed E-state index contributed by atoms with van der Waals surface area (Å²) in [5.74, 6) is 0. The van der Waals surface area contributed by atoms with Crippen molar-refractivity contribution in [3.63, 3.8) is 0 Å². The van der Waals surface area contributed by atoms with Gasteiger partial charge >= 0.3 is 152 Å².